The highest BCUT2D eigenvalue weighted by atomic mass is 19.4. The summed E-state index contributed by atoms with van der Waals surface area (Å²) in [7, 11) is 0. The lowest BCUT2D eigenvalue weighted by molar-refractivity contribution is -0.141. The van der Waals surface area contributed by atoms with Crippen LogP contribution in [0.1, 0.15) is 39.3 Å². The lowest BCUT2D eigenvalue weighted by atomic mass is 10.2. The fraction of sp³-hybridized carbons (Fsp3) is 0.333. The van der Waals surface area contributed by atoms with Crippen molar-refractivity contribution in [3.63, 3.8) is 0 Å². The van der Waals surface area contributed by atoms with E-state index in [1.807, 2.05) is 0 Å². The highest BCUT2D eigenvalue weighted by Crippen LogP contribution is 2.30. The lowest BCUT2D eigenvalue weighted by Gasteiger charge is -2.28. The van der Waals surface area contributed by atoms with Crippen molar-refractivity contribution >= 4 is 34.8 Å². The first-order valence-electron chi connectivity index (χ1n) is 12.8. The third-order valence-electron chi connectivity index (χ3n) is 6.12. The van der Waals surface area contributed by atoms with Gasteiger partial charge in [-0.05, 0) is 63.9 Å². The van der Waals surface area contributed by atoms with Gasteiger partial charge in [0.1, 0.15) is 34.4 Å². The lowest BCUT2D eigenvalue weighted by Crippen LogP contribution is -2.45. The van der Waals surface area contributed by atoms with Gasteiger partial charge in [0.05, 0.1) is 0 Å². The predicted molar refractivity (Wildman–Crippen MR) is 143 cm³/mol. The normalized spacial score (nSPS) is 15.7. The Labute approximate surface area is 232 Å². The Balaban J connectivity index is 1.36. The van der Waals surface area contributed by atoms with E-state index in [4.69, 9.17) is 4.74 Å². The molecule has 1 aliphatic rings. The van der Waals surface area contributed by atoms with Gasteiger partial charge < -0.3 is 15.4 Å². The summed E-state index contributed by atoms with van der Waals surface area (Å²) in [5, 5.41) is 10.2. The third kappa shape index (κ3) is 6.36. The molecule has 0 aromatic carbocycles. The van der Waals surface area contributed by atoms with Crippen LogP contribution < -0.4 is 10.6 Å². The van der Waals surface area contributed by atoms with E-state index in [1.54, 1.807) is 51.2 Å². The van der Waals surface area contributed by atoms with E-state index in [9.17, 15) is 22.8 Å². The van der Waals surface area contributed by atoms with Gasteiger partial charge in [-0.15, -0.1) is 5.10 Å². The molecule has 4 aromatic rings. The van der Waals surface area contributed by atoms with Gasteiger partial charge >= 0.3 is 12.3 Å². The van der Waals surface area contributed by atoms with Gasteiger partial charge in [0.2, 0.25) is 11.7 Å². The Bertz CT molecular complexity index is 1600. The molecule has 2 amide bonds. The molecule has 0 unspecified atom stereocenters. The van der Waals surface area contributed by atoms with Crippen LogP contribution >= 0.6 is 0 Å². The first-order valence-corrected chi connectivity index (χ1v) is 12.8. The number of aromatic nitrogens is 5. The van der Waals surface area contributed by atoms with E-state index in [0.717, 1.165) is 6.07 Å². The maximum Gasteiger partial charge on any atom is 0.433 e. The molecule has 4 aromatic heterocycles. The van der Waals surface area contributed by atoms with Crippen molar-refractivity contribution in [2.24, 2.45) is 0 Å². The quantitative estimate of drug-likeness (QED) is 0.333. The van der Waals surface area contributed by atoms with Crippen molar-refractivity contribution in [3.8, 4) is 11.5 Å². The number of alkyl halides is 3. The minimum absolute atomic E-state index is 0.0200. The molecule has 1 aliphatic heterocycles. The van der Waals surface area contributed by atoms with Crippen molar-refractivity contribution in [2.75, 3.05) is 17.2 Å². The Morgan fingerprint density at radius 2 is 1.88 bits per heavy atom. The van der Waals surface area contributed by atoms with Gasteiger partial charge in [-0.3, -0.25) is 9.69 Å². The number of likely N-dealkylation sites (tertiary alicyclic amines) is 1. The summed E-state index contributed by atoms with van der Waals surface area (Å²) in [6.07, 6.45) is -0.905. The summed E-state index contributed by atoms with van der Waals surface area (Å²) < 4.78 is 46.6. The first-order chi connectivity index (χ1) is 19.4. The molecule has 0 aliphatic carbocycles. The van der Waals surface area contributed by atoms with E-state index < -0.39 is 35.5 Å². The molecule has 0 saturated carbocycles. The number of nitrogens with one attached hydrogen (secondary N) is 2. The van der Waals surface area contributed by atoms with E-state index in [1.165, 1.54) is 27.7 Å². The molecule has 11 nitrogen and oxygen atoms in total. The van der Waals surface area contributed by atoms with Crippen molar-refractivity contribution in [1.29, 1.82) is 0 Å². The van der Waals surface area contributed by atoms with Crippen LogP contribution in [0.15, 0.2) is 54.9 Å². The van der Waals surface area contributed by atoms with E-state index in [-0.39, 0.29) is 17.3 Å². The number of carbonyl (C=O) groups excluding carboxylic acids is 2. The fourth-order valence-corrected chi connectivity index (χ4v) is 4.35. The average molecular weight is 569 g/mol. The molecule has 1 fully saturated rings. The maximum atomic E-state index is 13.2. The molecule has 41 heavy (non-hydrogen) atoms. The topological polar surface area (TPSA) is 127 Å². The Morgan fingerprint density at radius 3 is 2.63 bits per heavy atom. The zero-order valence-corrected chi connectivity index (χ0v) is 22.4. The van der Waals surface area contributed by atoms with E-state index in [0.29, 0.717) is 36.4 Å². The van der Waals surface area contributed by atoms with Gasteiger partial charge in [0.15, 0.2) is 5.82 Å². The minimum atomic E-state index is -4.62. The van der Waals surface area contributed by atoms with Crippen LogP contribution in [0.2, 0.25) is 0 Å². The number of anilines is 3. The number of carbonyl (C=O) groups is 2. The summed E-state index contributed by atoms with van der Waals surface area (Å²) in [5.41, 5.74) is -0.737. The molecule has 0 bridgehead atoms. The number of ether oxygens (including phenoxy) is 1. The number of rotatable bonds is 5. The highest BCUT2D eigenvalue weighted by Gasteiger charge is 2.37. The molecule has 0 radical (unpaired) electrons. The highest BCUT2D eigenvalue weighted by molar-refractivity contribution is 5.96. The van der Waals surface area contributed by atoms with Crippen LogP contribution in [0.4, 0.5) is 35.3 Å². The van der Waals surface area contributed by atoms with Crippen molar-refractivity contribution in [1.82, 2.24) is 29.5 Å². The second kappa shape index (κ2) is 10.7. The molecular weight excluding hydrogens is 541 g/mol. The van der Waals surface area contributed by atoms with Gasteiger partial charge in [-0.25, -0.2) is 24.3 Å². The molecule has 1 saturated heterocycles. The Hall–Kier alpha value is -4.75. The smallest absolute Gasteiger partial charge is 0.433 e. The minimum Gasteiger partial charge on any atom is -0.444 e. The molecule has 14 heteroatoms. The standard InChI is InChI=1S/C27H27F3N8O3/c1-26(2,3)41-25(40)37-13-5-9-19(37)24(39)34-21-15-16(11-12-31-21)32-23-18-8-6-14-38(18)36-22(35-23)17-7-4-10-20(33-17)27(28,29)30/h4,6-8,10-12,14-15,19H,5,9,13H2,1-3H3,(H2,31,32,34,35,36,39)/t19-/m0/s1. The Morgan fingerprint density at radius 1 is 1.07 bits per heavy atom. The van der Waals surface area contributed by atoms with Crippen LogP contribution in [0.25, 0.3) is 17.0 Å². The zero-order chi connectivity index (χ0) is 29.4. The Kier molecular flexibility index (Phi) is 7.24. The van der Waals surface area contributed by atoms with Gasteiger partial charge in [0.25, 0.3) is 0 Å². The van der Waals surface area contributed by atoms with Crippen molar-refractivity contribution < 1.29 is 27.5 Å². The number of fused-ring (bicyclic) bond motifs is 1. The molecule has 1 atom stereocenters. The van der Waals surface area contributed by atoms with Crippen molar-refractivity contribution in [2.45, 2.75) is 51.4 Å². The van der Waals surface area contributed by atoms with Crippen molar-refractivity contribution in [3.05, 3.63) is 60.6 Å². The number of hydrogen-bond donors (Lipinski definition) is 2. The summed E-state index contributed by atoms with van der Waals surface area (Å²) >= 11 is 0. The largest absolute Gasteiger partial charge is 0.444 e. The molecule has 0 spiro atoms. The van der Waals surface area contributed by atoms with E-state index in [2.05, 4.69) is 30.7 Å². The summed E-state index contributed by atoms with van der Waals surface area (Å²) in [6.45, 7) is 5.69. The SMILES string of the molecule is CC(C)(C)OC(=O)N1CCC[C@H]1C(=O)Nc1cc(Nc2nc(-c3cccc(C(F)(F)F)n3)nn3cccc23)ccn1. The molecule has 5 rings (SSSR count). The number of nitrogens with zero attached hydrogens (tertiary/aromatic N) is 6. The molecule has 2 N–H and O–H groups in total. The van der Waals surface area contributed by atoms with Crippen LogP contribution in [-0.4, -0.2) is 59.7 Å². The van der Waals surface area contributed by atoms with Gasteiger partial charge in [-0.1, -0.05) is 6.07 Å². The van der Waals surface area contributed by atoms with Crippen LogP contribution in [0.5, 0.6) is 0 Å². The maximum absolute atomic E-state index is 13.2. The van der Waals surface area contributed by atoms with Gasteiger partial charge in [0, 0.05) is 30.7 Å². The first kappa shape index (κ1) is 27.8. The van der Waals surface area contributed by atoms with Crippen LogP contribution in [0.3, 0.4) is 0 Å². The number of halogens is 3. The number of pyridine rings is 2. The second-order valence-corrected chi connectivity index (χ2v) is 10.4. The average Bonchev–Trinajstić information content (AvgIpc) is 3.58. The van der Waals surface area contributed by atoms with Gasteiger partial charge in [-0.2, -0.15) is 13.2 Å². The molecule has 5 heterocycles. The second-order valence-electron chi connectivity index (χ2n) is 10.4. The molecule has 214 valence electrons. The fourth-order valence-electron chi connectivity index (χ4n) is 4.35. The summed E-state index contributed by atoms with van der Waals surface area (Å²) in [5.74, 6) is 0.117. The summed E-state index contributed by atoms with van der Waals surface area (Å²) in [6, 6.07) is 9.49. The third-order valence-corrected chi connectivity index (χ3v) is 6.12. The monoisotopic (exact) mass is 568 g/mol. The van der Waals surface area contributed by atoms with Crippen LogP contribution in [0, 0.1) is 0 Å². The zero-order valence-electron chi connectivity index (χ0n) is 22.4. The number of amides is 2. The number of hydrogen-bond acceptors (Lipinski definition) is 8. The van der Waals surface area contributed by atoms with E-state index >= 15 is 0 Å². The molecular formula is C27H27F3N8O3. The van der Waals surface area contributed by atoms with Crippen LogP contribution in [-0.2, 0) is 15.7 Å². The summed E-state index contributed by atoms with van der Waals surface area (Å²) in [4.78, 5) is 39.4. The predicted octanol–water partition coefficient (Wildman–Crippen LogP) is 5.29.